The van der Waals surface area contributed by atoms with Crippen molar-refractivity contribution in [3.63, 3.8) is 0 Å². The highest BCUT2D eigenvalue weighted by molar-refractivity contribution is 7.89. The van der Waals surface area contributed by atoms with Crippen LogP contribution in [0.5, 0.6) is 0 Å². The largest absolute Gasteiger partial charge is 0.296 e. The lowest BCUT2D eigenvalue weighted by Gasteiger charge is -2.41. The van der Waals surface area contributed by atoms with Crippen LogP contribution in [0.1, 0.15) is 26.3 Å². The van der Waals surface area contributed by atoms with Crippen molar-refractivity contribution in [3.05, 3.63) is 29.8 Å². The second-order valence-corrected chi connectivity index (χ2v) is 8.23. The summed E-state index contributed by atoms with van der Waals surface area (Å²) >= 11 is 0. The van der Waals surface area contributed by atoms with Crippen LogP contribution in [0.3, 0.4) is 0 Å². The smallest absolute Gasteiger partial charge is 0.243 e. The van der Waals surface area contributed by atoms with E-state index in [2.05, 4.69) is 25.7 Å². The molecule has 0 N–H and O–H groups in total. The molecule has 1 heterocycles. The first-order valence-electron chi connectivity index (χ1n) is 7.04. The van der Waals surface area contributed by atoms with Gasteiger partial charge in [-0.3, -0.25) is 4.90 Å². The van der Waals surface area contributed by atoms with Gasteiger partial charge in [0, 0.05) is 31.7 Å². The second-order valence-electron chi connectivity index (χ2n) is 6.33. The molecule has 4 nitrogen and oxygen atoms in total. The molecule has 0 radical (unpaired) electrons. The van der Waals surface area contributed by atoms with Crippen LogP contribution in [-0.2, 0) is 10.0 Å². The monoisotopic (exact) mass is 296 g/mol. The van der Waals surface area contributed by atoms with Gasteiger partial charge in [0.15, 0.2) is 0 Å². The zero-order valence-electron chi connectivity index (χ0n) is 12.8. The van der Waals surface area contributed by atoms with Gasteiger partial charge in [0.1, 0.15) is 0 Å². The van der Waals surface area contributed by atoms with E-state index >= 15 is 0 Å². The van der Waals surface area contributed by atoms with E-state index in [-0.39, 0.29) is 5.54 Å². The van der Waals surface area contributed by atoms with Gasteiger partial charge < -0.3 is 0 Å². The van der Waals surface area contributed by atoms with E-state index in [1.165, 1.54) is 0 Å². The number of sulfonamides is 1. The minimum atomic E-state index is -3.35. The normalized spacial score (nSPS) is 19.2. The SMILES string of the molecule is Cc1ccccc1S(=O)(=O)N1CCN(C(C)(C)C)CC1. The van der Waals surface area contributed by atoms with E-state index in [1.807, 2.05) is 19.1 Å². The number of hydrogen-bond acceptors (Lipinski definition) is 3. The lowest BCUT2D eigenvalue weighted by Crippen LogP contribution is -2.54. The highest BCUT2D eigenvalue weighted by atomic mass is 32.2. The molecule has 1 aromatic rings. The van der Waals surface area contributed by atoms with E-state index in [1.54, 1.807) is 16.4 Å². The maximum Gasteiger partial charge on any atom is 0.243 e. The standard InChI is InChI=1S/C15H24N2O2S/c1-13-7-5-6-8-14(13)20(18,19)17-11-9-16(10-12-17)15(2,3)4/h5-8H,9-12H2,1-4H3. The molecule has 0 aromatic heterocycles. The summed E-state index contributed by atoms with van der Waals surface area (Å²) in [5, 5.41) is 0. The fourth-order valence-corrected chi connectivity index (χ4v) is 4.23. The predicted molar refractivity (Wildman–Crippen MR) is 81.3 cm³/mol. The zero-order chi connectivity index (χ0) is 15.0. The molecule has 112 valence electrons. The lowest BCUT2D eigenvalue weighted by molar-refractivity contribution is 0.0921. The summed E-state index contributed by atoms with van der Waals surface area (Å²) in [6.45, 7) is 11.0. The maximum absolute atomic E-state index is 12.7. The molecular formula is C15H24N2O2S. The molecule has 5 heteroatoms. The minimum Gasteiger partial charge on any atom is -0.296 e. The van der Waals surface area contributed by atoms with Crippen molar-refractivity contribution in [3.8, 4) is 0 Å². The van der Waals surface area contributed by atoms with Gasteiger partial charge in [-0.2, -0.15) is 4.31 Å². The van der Waals surface area contributed by atoms with Crippen LogP contribution in [0, 0.1) is 6.92 Å². The Labute approximate surface area is 122 Å². The van der Waals surface area contributed by atoms with Crippen LogP contribution in [0.2, 0.25) is 0 Å². The van der Waals surface area contributed by atoms with E-state index in [0.717, 1.165) is 18.7 Å². The number of piperazine rings is 1. The quantitative estimate of drug-likeness (QED) is 0.839. The summed E-state index contributed by atoms with van der Waals surface area (Å²) in [5.74, 6) is 0. The molecule has 0 saturated carbocycles. The van der Waals surface area contributed by atoms with Crippen molar-refractivity contribution in [2.45, 2.75) is 38.1 Å². The van der Waals surface area contributed by atoms with Crippen LogP contribution < -0.4 is 0 Å². The summed E-state index contributed by atoms with van der Waals surface area (Å²) in [6, 6.07) is 7.19. The average Bonchev–Trinajstić information content (AvgIpc) is 2.38. The molecular weight excluding hydrogens is 272 g/mol. The molecule has 1 aromatic carbocycles. The summed E-state index contributed by atoms with van der Waals surface area (Å²) in [7, 11) is -3.35. The predicted octanol–water partition coefficient (Wildman–Crippen LogP) is 2.10. The molecule has 0 aliphatic carbocycles. The molecule has 0 unspecified atom stereocenters. The summed E-state index contributed by atoms with van der Waals surface area (Å²) in [4.78, 5) is 2.76. The molecule has 2 rings (SSSR count). The third kappa shape index (κ3) is 3.05. The second kappa shape index (κ2) is 5.47. The first-order chi connectivity index (χ1) is 9.23. The molecule has 20 heavy (non-hydrogen) atoms. The fourth-order valence-electron chi connectivity index (χ4n) is 2.58. The minimum absolute atomic E-state index is 0.0957. The van der Waals surface area contributed by atoms with Crippen molar-refractivity contribution < 1.29 is 8.42 Å². The molecule has 1 aliphatic heterocycles. The van der Waals surface area contributed by atoms with Crippen molar-refractivity contribution >= 4 is 10.0 Å². The maximum atomic E-state index is 12.7. The van der Waals surface area contributed by atoms with Gasteiger partial charge in [-0.25, -0.2) is 8.42 Å². The third-order valence-corrected chi connectivity index (χ3v) is 5.96. The highest BCUT2D eigenvalue weighted by Crippen LogP contribution is 2.23. The van der Waals surface area contributed by atoms with E-state index in [0.29, 0.717) is 18.0 Å². The van der Waals surface area contributed by atoms with Gasteiger partial charge in [0.25, 0.3) is 0 Å². The van der Waals surface area contributed by atoms with Crippen LogP contribution in [-0.4, -0.2) is 49.3 Å². The van der Waals surface area contributed by atoms with Gasteiger partial charge >= 0.3 is 0 Å². The molecule has 0 atom stereocenters. The van der Waals surface area contributed by atoms with Gasteiger partial charge in [-0.15, -0.1) is 0 Å². The first-order valence-corrected chi connectivity index (χ1v) is 8.48. The Morgan fingerprint density at radius 2 is 1.55 bits per heavy atom. The Morgan fingerprint density at radius 3 is 2.05 bits per heavy atom. The van der Waals surface area contributed by atoms with E-state index in [9.17, 15) is 8.42 Å². The Kier molecular flexibility index (Phi) is 4.23. The molecule has 0 spiro atoms. The topological polar surface area (TPSA) is 40.6 Å². The Hall–Kier alpha value is -0.910. The third-order valence-electron chi connectivity index (χ3n) is 3.90. The summed E-state index contributed by atoms with van der Waals surface area (Å²) in [5.41, 5.74) is 0.907. The van der Waals surface area contributed by atoms with Gasteiger partial charge in [-0.1, -0.05) is 18.2 Å². The van der Waals surface area contributed by atoms with Crippen molar-refractivity contribution in [2.75, 3.05) is 26.2 Å². The van der Waals surface area contributed by atoms with Crippen LogP contribution >= 0.6 is 0 Å². The number of hydrogen-bond donors (Lipinski definition) is 0. The molecule has 1 saturated heterocycles. The van der Waals surface area contributed by atoms with Gasteiger partial charge in [-0.05, 0) is 39.3 Å². The van der Waals surface area contributed by atoms with Crippen LogP contribution in [0.25, 0.3) is 0 Å². The van der Waals surface area contributed by atoms with Crippen LogP contribution in [0.15, 0.2) is 29.2 Å². The van der Waals surface area contributed by atoms with E-state index in [4.69, 9.17) is 0 Å². The number of nitrogens with zero attached hydrogens (tertiary/aromatic N) is 2. The molecule has 0 amide bonds. The number of benzene rings is 1. The molecule has 1 fully saturated rings. The van der Waals surface area contributed by atoms with Gasteiger partial charge in [0.05, 0.1) is 4.90 Å². The number of rotatable bonds is 2. The van der Waals surface area contributed by atoms with Crippen LogP contribution in [0.4, 0.5) is 0 Å². The Balaban J connectivity index is 2.16. The Bertz CT molecular complexity index is 568. The van der Waals surface area contributed by atoms with Crippen molar-refractivity contribution in [1.82, 2.24) is 9.21 Å². The summed E-state index contributed by atoms with van der Waals surface area (Å²) < 4.78 is 27.0. The Morgan fingerprint density at radius 1 is 1.00 bits per heavy atom. The first kappa shape index (κ1) is 15.5. The lowest BCUT2D eigenvalue weighted by atomic mass is 10.1. The van der Waals surface area contributed by atoms with Crippen molar-refractivity contribution in [1.29, 1.82) is 0 Å². The number of aryl methyl sites for hydroxylation is 1. The molecule has 0 bridgehead atoms. The average molecular weight is 296 g/mol. The summed E-state index contributed by atoms with van der Waals surface area (Å²) in [6.07, 6.45) is 0. The highest BCUT2D eigenvalue weighted by Gasteiger charge is 2.32. The van der Waals surface area contributed by atoms with Crippen molar-refractivity contribution in [2.24, 2.45) is 0 Å². The molecule has 1 aliphatic rings. The fraction of sp³-hybridized carbons (Fsp3) is 0.600. The zero-order valence-corrected chi connectivity index (χ0v) is 13.6. The van der Waals surface area contributed by atoms with E-state index < -0.39 is 10.0 Å². The van der Waals surface area contributed by atoms with Gasteiger partial charge in [0.2, 0.25) is 10.0 Å².